The van der Waals surface area contributed by atoms with Crippen molar-refractivity contribution in [2.75, 3.05) is 30.9 Å². The molecule has 0 bridgehead atoms. The van der Waals surface area contributed by atoms with Crippen LogP contribution < -0.4 is 21.5 Å². The Morgan fingerprint density at radius 3 is 2.65 bits per heavy atom. The molecule has 2 heterocycles. The summed E-state index contributed by atoms with van der Waals surface area (Å²) >= 11 is 0. The minimum absolute atomic E-state index is 0.112. The van der Waals surface area contributed by atoms with Gasteiger partial charge in [-0.25, -0.2) is 4.79 Å². The van der Waals surface area contributed by atoms with E-state index in [0.717, 1.165) is 29.3 Å². The number of carbonyl (C=O) groups excluding carboxylic acids is 1. The fourth-order valence-corrected chi connectivity index (χ4v) is 2.87. The van der Waals surface area contributed by atoms with Crippen LogP contribution in [0, 0.1) is 0 Å². The third-order valence-corrected chi connectivity index (χ3v) is 4.36. The lowest BCUT2D eigenvalue weighted by atomic mass is 10.2. The van der Waals surface area contributed by atoms with E-state index in [4.69, 9.17) is 4.74 Å². The van der Waals surface area contributed by atoms with Crippen LogP contribution in [0.1, 0.15) is 23.2 Å². The Morgan fingerprint density at radius 1 is 1.31 bits per heavy atom. The molecule has 1 aliphatic rings. The highest BCUT2D eigenvalue weighted by Gasteiger charge is 2.20. The molecule has 26 heavy (non-hydrogen) atoms. The maximum Gasteiger partial charge on any atom is 0.328 e. The third-order valence-electron chi connectivity index (χ3n) is 4.36. The van der Waals surface area contributed by atoms with Crippen molar-refractivity contribution in [2.24, 2.45) is 0 Å². The first-order chi connectivity index (χ1) is 12.5. The van der Waals surface area contributed by atoms with Crippen molar-refractivity contribution in [1.82, 2.24) is 9.55 Å². The topological polar surface area (TPSA) is 96.4 Å². The molecule has 3 rings (SSSR count). The largest absolute Gasteiger partial charge is 0.378 e. The maximum atomic E-state index is 12.6. The van der Waals surface area contributed by atoms with E-state index in [1.165, 1.54) is 0 Å². The van der Waals surface area contributed by atoms with Crippen molar-refractivity contribution in [3.63, 3.8) is 0 Å². The Bertz CT molecular complexity index is 893. The third kappa shape index (κ3) is 3.85. The van der Waals surface area contributed by atoms with Crippen LogP contribution in [0.2, 0.25) is 0 Å². The van der Waals surface area contributed by atoms with Crippen LogP contribution in [-0.4, -0.2) is 42.3 Å². The molecule has 2 N–H and O–H groups in total. The number of rotatable bonds is 5. The molecule has 1 aromatic heterocycles. The molecule has 8 heteroatoms. The fraction of sp³-hybridized carbons (Fsp3) is 0.389. The lowest BCUT2D eigenvalue weighted by Crippen LogP contribution is -2.41. The molecule has 1 aromatic carbocycles. The predicted octanol–water partition coefficient (Wildman–Crippen LogP) is 1.03. The second-order valence-electron chi connectivity index (χ2n) is 6.45. The van der Waals surface area contributed by atoms with Crippen molar-refractivity contribution >= 4 is 17.3 Å². The number of anilines is 2. The van der Waals surface area contributed by atoms with Crippen molar-refractivity contribution < 1.29 is 9.53 Å². The number of benzene rings is 1. The summed E-state index contributed by atoms with van der Waals surface area (Å²) in [7, 11) is 3.84. The zero-order chi connectivity index (χ0) is 18.7. The Balaban J connectivity index is 1.80. The summed E-state index contributed by atoms with van der Waals surface area (Å²) in [4.78, 5) is 41.4. The molecule has 1 atom stereocenters. The number of hydrogen-bond acceptors (Lipinski definition) is 5. The smallest absolute Gasteiger partial charge is 0.328 e. The average Bonchev–Trinajstić information content (AvgIpc) is 3.12. The molecule has 0 aliphatic carbocycles. The van der Waals surface area contributed by atoms with E-state index >= 15 is 0 Å². The lowest BCUT2D eigenvalue weighted by molar-refractivity contribution is 0.0941. The van der Waals surface area contributed by atoms with Gasteiger partial charge in [0.2, 0.25) is 0 Å². The summed E-state index contributed by atoms with van der Waals surface area (Å²) in [5.74, 6) is -0.565. The molecule has 1 saturated heterocycles. The van der Waals surface area contributed by atoms with E-state index in [1.807, 2.05) is 31.1 Å². The van der Waals surface area contributed by atoms with Gasteiger partial charge in [-0.2, -0.15) is 0 Å². The van der Waals surface area contributed by atoms with Gasteiger partial charge in [0.15, 0.2) is 0 Å². The summed E-state index contributed by atoms with van der Waals surface area (Å²) in [6, 6.07) is 7.23. The molecule has 0 saturated carbocycles. The van der Waals surface area contributed by atoms with Crippen LogP contribution >= 0.6 is 0 Å². The van der Waals surface area contributed by atoms with Gasteiger partial charge in [-0.15, -0.1) is 0 Å². The molecule has 0 spiro atoms. The summed E-state index contributed by atoms with van der Waals surface area (Å²) in [5, 5.41) is 2.68. The summed E-state index contributed by atoms with van der Waals surface area (Å²) in [6.07, 6.45) is 2.67. The Labute approximate surface area is 150 Å². The first kappa shape index (κ1) is 17.9. The standard InChI is InChI=1S/C18H22N4O4/c1-21(2)13-7-5-12(6-8-13)20-16(23)15-10-19-18(25)22(17(15)24)11-14-4-3-9-26-14/h5-8,10,14H,3-4,9,11H2,1-2H3,(H,19,25)(H,20,23). The van der Waals surface area contributed by atoms with Crippen LogP contribution in [0.25, 0.3) is 0 Å². The van der Waals surface area contributed by atoms with Gasteiger partial charge in [0.05, 0.1) is 12.6 Å². The number of aromatic nitrogens is 2. The number of ether oxygens (including phenoxy) is 1. The SMILES string of the molecule is CN(C)c1ccc(NC(=O)c2c[nH]c(=O)n(CC3CCCO3)c2=O)cc1. The average molecular weight is 358 g/mol. The highest BCUT2D eigenvalue weighted by Crippen LogP contribution is 2.16. The fourth-order valence-electron chi connectivity index (χ4n) is 2.87. The summed E-state index contributed by atoms with van der Waals surface area (Å²) < 4.78 is 6.50. The van der Waals surface area contributed by atoms with E-state index in [0.29, 0.717) is 12.3 Å². The second kappa shape index (κ2) is 7.57. The highest BCUT2D eigenvalue weighted by molar-refractivity contribution is 6.03. The number of aromatic amines is 1. The van der Waals surface area contributed by atoms with Crippen LogP contribution in [0.4, 0.5) is 11.4 Å². The van der Waals surface area contributed by atoms with Gasteiger partial charge in [0.25, 0.3) is 11.5 Å². The van der Waals surface area contributed by atoms with E-state index in [2.05, 4.69) is 10.3 Å². The quantitative estimate of drug-likeness (QED) is 0.832. The molecule has 1 amide bonds. The highest BCUT2D eigenvalue weighted by atomic mass is 16.5. The number of hydrogen-bond donors (Lipinski definition) is 2. The minimum atomic E-state index is -0.619. The first-order valence-electron chi connectivity index (χ1n) is 8.48. The van der Waals surface area contributed by atoms with E-state index in [9.17, 15) is 14.4 Å². The van der Waals surface area contributed by atoms with Crippen LogP contribution in [0.5, 0.6) is 0 Å². The van der Waals surface area contributed by atoms with Gasteiger partial charge >= 0.3 is 5.69 Å². The molecule has 138 valence electrons. The number of amides is 1. The van der Waals surface area contributed by atoms with Gasteiger partial charge < -0.3 is 19.9 Å². The number of carbonyl (C=O) groups is 1. The van der Waals surface area contributed by atoms with Crippen LogP contribution in [-0.2, 0) is 11.3 Å². The predicted molar refractivity (Wildman–Crippen MR) is 99.0 cm³/mol. The van der Waals surface area contributed by atoms with Crippen LogP contribution in [0.15, 0.2) is 40.1 Å². The molecular weight excluding hydrogens is 336 g/mol. The Hall–Kier alpha value is -2.87. The molecule has 0 radical (unpaired) electrons. The summed E-state index contributed by atoms with van der Waals surface area (Å²) in [6.45, 7) is 0.771. The first-order valence-corrected chi connectivity index (χ1v) is 8.48. The van der Waals surface area contributed by atoms with Crippen molar-refractivity contribution in [1.29, 1.82) is 0 Å². The van der Waals surface area contributed by atoms with Crippen molar-refractivity contribution in [3.05, 3.63) is 56.9 Å². The van der Waals surface area contributed by atoms with Gasteiger partial charge in [0, 0.05) is 38.3 Å². The van der Waals surface area contributed by atoms with Gasteiger partial charge in [-0.1, -0.05) is 0 Å². The van der Waals surface area contributed by atoms with Gasteiger partial charge in [-0.05, 0) is 37.1 Å². The minimum Gasteiger partial charge on any atom is -0.378 e. The van der Waals surface area contributed by atoms with E-state index in [-0.39, 0.29) is 18.2 Å². The van der Waals surface area contributed by atoms with Crippen molar-refractivity contribution in [2.45, 2.75) is 25.5 Å². The molecule has 8 nitrogen and oxygen atoms in total. The molecule has 1 unspecified atom stereocenters. The normalized spacial score (nSPS) is 16.5. The zero-order valence-corrected chi connectivity index (χ0v) is 14.8. The monoisotopic (exact) mass is 358 g/mol. The lowest BCUT2D eigenvalue weighted by Gasteiger charge is -2.13. The van der Waals surface area contributed by atoms with Gasteiger partial charge in [0.1, 0.15) is 5.56 Å². The zero-order valence-electron chi connectivity index (χ0n) is 14.8. The second-order valence-corrected chi connectivity index (χ2v) is 6.45. The number of nitrogens with one attached hydrogen (secondary N) is 2. The number of H-pyrrole nitrogens is 1. The van der Waals surface area contributed by atoms with E-state index < -0.39 is 17.2 Å². The number of nitrogens with zero attached hydrogens (tertiary/aromatic N) is 2. The Kier molecular flexibility index (Phi) is 5.22. The molecule has 2 aromatic rings. The summed E-state index contributed by atoms with van der Waals surface area (Å²) in [5.41, 5.74) is 0.283. The molecule has 1 aliphatic heterocycles. The Morgan fingerprint density at radius 2 is 2.04 bits per heavy atom. The van der Waals surface area contributed by atoms with E-state index in [1.54, 1.807) is 12.1 Å². The maximum absolute atomic E-state index is 12.6. The molecule has 1 fully saturated rings. The van der Waals surface area contributed by atoms with Crippen LogP contribution in [0.3, 0.4) is 0 Å². The van der Waals surface area contributed by atoms with Crippen molar-refractivity contribution in [3.8, 4) is 0 Å². The van der Waals surface area contributed by atoms with Gasteiger partial charge in [-0.3, -0.25) is 14.2 Å². The molecular formula is C18H22N4O4.